The molecule has 35 heavy (non-hydrogen) atoms. The summed E-state index contributed by atoms with van der Waals surface area (Å²) in [5.41, 5.74) is 2.89. The molecule has 3 aromatic carbocycles. The number of para-hydroxylation sites is 1. The van der Waals surface area contributed by atoms with Crippen LogP contribution in [0.3, 0.4) is 0 Å². The van der Waals surface area contributed by atoms with Crippen LogP contribution < -0.4 is 20.1 Å². The Morgan fingerprint density at radius 1 is 0.800 bits per heavy atom. The second-order valence-corrected chi connectivity index (χ2v) is 9.69. The Bertz CT molecular complexity index is 1360. The number of aryl methyl sites for hydroxylation is 2. The minimum absolute atomic E-state index is 0.161. The molecule has 1 aromatic heterocycles. The molecule has 0 radical (unpaired) electrons. The molecule has 0 bridgehead atoms. The van der Waals surface area contributed by atoms with E-state index in [2.05, 4.69) is 25.3 Å². The Hall–Kier alpha value is -3.95. The van der Waals surface area contributed by atoms with E-state index in [1.54, 1.807) is 12.1 Å². The molecule has 0 aliphatic rings. The Morgan fingerprint density at radius 3 is 2.20 bits per heavy atom. The minimum atomic E-state index is -3.66. The van der Waals surface area contributed by atoms with Crippen LogP contribution in [0.15, 0.2) is 89.8 Å². The van der Waals surface area contributed by atoms with Crippen LogP contribution in [0.1, 0.15) is 11.3 Å². The third kappa shape index (κ3) is 7.02. The van der Waals surface area contributed by atoms with Crippen LogP contribution in [0, 0.1) is 13.8 Å². The summed E-state index contributed by atoms with van der Waals surface area (Å²) in [6.45, 7) is 4.40. The zero-order valence-corrected chi connectivity index (χ0v) is 20.3. The fourth-order valence-corrected chi connectivity index (χ4v) is 4.28. The lowest BCUT2D eigenvalue weighted by molar-refractivity contribution is 0.482. The molecule has 3 N–H and O–H groups in total. The van der Waals surface area contributed by atoms with E-state index in [0.717, 1.165) is 11.4 Å². The molecule has 0 saturated heterocycles. The first kappa shape index (κ1) is 24.2. The quantitative estimate of drug-likeness (QED) is 0.269. The molecule has 0 fully saturated rings. The van der Waals surface area contributed by atoms with Crippen LogP contribution >= 0.6 is 0 Å². The zero-order valence-electron chi connectivity index (χ0n) is 19.5. The van der Waals surface area contributed by atoms with Crippen molar-refractivity contribution in [2.45, 2.75) is 18.7 Å². The molecule has 0 spiro atoms. The van der Waals surface area contributed by atoms with Crippen molar-refractivity contribution >= 4 is 27.5 Å². The molecule has 0 atom stereocenters. The van der Waals surface area contributed by atoms with E-state index >= 15 is 0 Å². The molecule has 8 nitrogen and oxygen atoms in total. The lowest BCUT2D eigenvalue weighted by Crippen LogP contribution is -2.29. The van der Waals surface area contributed by atoms with Gasteiger partial charge in [0.05, 0.1) is 4.90 Å². The lowest BCUT2D eigenvalue weighted by atomic mass is 10.2. The van der Waals surface area contributed by atoms with E-state index in [1.165, 1.54) is 17.7 Å². The van der Waals surface area contributed by atoms with Crippen molar-refractivity contribution < 1.29 is 13.2 Å². The van der Waals surface area contributed by atoms with Gasteiger partial charge in [0.25, 0.3) is 0 Å². The molecule has 0 saturated carbocycles. The monoisotopic (exact) mass is 489 g/mol. The first-order valence-electron chi connectivity index (χ1n) is 11.1. The Morgan fingerprint density at radius 2 is 1.49 bits per heavy atom. The summed E-state index contributed by atoms with van der Waals surface area (Å²) in [7, 11) is -3.66. The smallest absolute Gasteiger partial charge is 0.240 e. The molecule has 180 valence electrons. The molecule has 0 aliphatic carbocycles. The number of anilines is 3. The number of benzene rings is 3. The molecule has 1 heterocycles. The van der Waals surface area contributed by atoms with E-state index in [1.807, 2.05) is 74.5 Å². The van der Waals surface area contributed by atoms with Crippen molar-refractivity contribution in [1.29, 1.82) is 0 Å². The fourth-order valence-electron chi connectivity index (χ4n) is 3.25. The van der Waals surface area contributed by atoms with Crippen molar-refractivity contribution in [3.05, 3.63) is 96.2 Å². The number of hydrogen-bond donors (Lipinski definition) is 3. The maximum Gasteiger partial charge on any atom is 0.240 e. The predicted octanol–water partition coefficient (Wildman–Crippen LogP) is 5.02. The van der Waals surface area contributed by atoms with Gasteiger partial charge < -0.3 is 15.4 Å². The first-order valence-corrected chi connectivity index (χ1v) is 12.6. The van der Waals surface area contributed by atoms with Crippen molar-refractivity contribution in [3.63, 3.8) is 0 Å². The molecule has 9 heteroatoms. The van der Waals surface area contributed by atoms with Crippen LogP contribution in [0.2, 0.25) is 0 Å². The summed E-state index contributed by atoms with van der Waals surface area (Å²) in [6.07, 6.45) is 0. The molecule has 0 amide bonds. The summed E-state index contributed by atoms with van der Waals surface area (Å²) in [4.78, 5) is 9.00. The van der Waals surface area contributed by atoms with Gasteiger partial charge in [0, 0.05) is 30.5 Å². The number of rotatable bonds is 10. The second kappa shape index (κ2) is 11.0. The zero-order chi connectivity index (χ0) is 24.7. The van der Waals surface area contributed by atoms with E-state index in [0.29, 0.717) is 29.8 Å². The molecule has 0 unspecified atom stereocenters. The number of ether oxygens (including phenoxy) is 1. The number of sulfonamides is 1. The maximum atomic E-state index is 12.6. The van der Waals surface area contributed by atoms with Crippen LogP contribution in [-0.2, 0) is 10.0 Å². The van der Waals surface area contributed by atoms with Crippen LogP contribution in [0.4, 0.5) is 17.5 Å². The second-order valence-electron chi connectivity index (χ2n) is 7.92. The van der Waals surface area contributed by atoms with Gasteiger partial charge in [-0.05, 0) is 62.4 Å². The summed E-state index contributed by atoms with van der Waals surface area (Å²) >= 11 is 0. The van der Waals surface area contributed by atoms with Gasteiger partial charge in [-0.25, -0.2) is 18.1 Å². The highest BCUT2D eigenvalue weighted by atomic mass is 32.2. The SMILES string of the molecule is Cc1ccc(Nc2cc(C)nc(NCCNS(=O)(=O)c3ccc(Oc4ccccc4)cc3)n2)cc1. The molecule has 4 aromatic rings. The third-order valence-electron chi connectivity index (χ3n) is 4.99. The molecular weight excluding hydrogens is 462 g/mol. The third-order valence-corrected chi connectivity index (χ3v) is 6.47. The number of nitrogens with one attached hydrogen (secondary N) is 3. The van der Waals surface area contributed by atoms with Gasteiger partial charge in [-0.1, -0.05) is 35.9 Å². The average Bonchev–Trinajstić information content (AvgIpc) is 2.84. The van der Waals surface area contributed by atoms with Gasteiger partial charge in [-0.15, -0.1) is 0 Å². The van der Waals surface area contributed by atoms with Crippen molar-refractivity contribution in [1.82, 2.24) is 14.7 Å². The summed E-state index contributed by atoms with van der Waals surface area (Å²) in [5, 5.41) is 6.33. The Labute approximate surface area is 205 Å². The van der Waals surface area contributed by atoms with Crippen molar-refractivity contribution in [2.24, 2.45) is 0 Å². The minimum Gasteiger partial charge on any atom is -0.457 e. The van der Waals surface area contributed by atoms with E-state index < -0.39 is 10.0 Å². The van der Waals surface area contributed by atoms with E-state index in [4.69, 9.17) is 4.74 Å². The van der Waals surface area contributed by atoms with Gasteiger partial charge in [-0.3, -0.25) is 0 Å². The van der Waals surface area contributed by atoms with E-state index in [9.17, 15) is 8.42 Å². The fraction of sp³-hybridized carbons (Fsp3) is 0.154. The van der Waals surface area contributed by atoms with E-state index in [-0.39, 0.29) is 11.4 Å². The number of nitrogens with zero attached hydrogens (tertiary/aromatic N) is 2. The van der Waals surface area contributed by atoms with Crippen LogP contribution in [0.25, 0.3) is 0 Å². The van der Waals surface area contributed by atoms with Gasteiger partial charge in [0.1, 0.15) is 17.3 Å². The molecule has 0 aliphatic heterocycles. The Kier molecular flexibility index (Phi) is 7.59. The lowest BCUT2D eigenvalue weighted by Gasteiger charge is -2.11. The topological polar surface area (TPSA) is 105 Å². The first-order chi connectivity index (χ1) is 16.9. The molecule has 4 rings (SSSR count). The summed E-state index contributed by atoms with van der Waals surface area (Å²) in [5.74, 6) is 2.31. The summed E-state index contributed by atoms with van der Waals surface area (Å²) < 4.78 is 33.6. The van der Waals surface area contributed by atoms with Crippen molar-refractivity contribution in [3.8, 4) is 11.5 Å². The molecular formula is C26H27N5O3S. The van der Waals surface area contributed by atoms with Gasteiger partial charge in [0.15, 0.2) is 0 Å². The number of aromatic nitrogens is 2. The number of hydrogen-bond acceptors (Lipinski definition) is 7. The average molecular weight is 490 g/mol. The van der Waals surface area contributed by atoms with Crippen LogP contribution in [-0.4, -0.2) is 31.5 Å². The van der Waals surface area contributed by atoms with Crippen molar-refractivity contribution in [2.75, 3.05) is 23.7 Å². The summed E-state index contributed by atoms with van der Waals surface area (Å²) in [6, 6.07) is 25.4. The largest absolute Gasteiger partial charge is 0.457 e. The highest BCUT2D eigenvalue weighted by molar-refractivity contribution is 7.89. The Balaban J connectivity index is 1.30. The van der Waals surface area contributed by atoms with Gasteiger partial charge in [-0.2, -0.15) is 4.98 Å². The highest BCUT2D eigenvalue weighted by Gasteiger charge is 2.13. The standard InChI is InChI=1S/C26H27N5O3S/c1-19-8-10-21(11-9-19)30-25-18-20(2)29-26(31-25)27-16-17-28-35(32,33)24-14-12-23(13-15-24)34-22-6-4-3-5-7-22/h3-15,18,28H,16-17H2,1-2H3,(H2,27,29,30,31). The normalized spacial score (nSPS) is 11.1. The van der Waals surface area contributed by atoms with Gasteiger partial charge >= 0.3 is 0 Å². The highest BCUT2D eigenvalue weighted by Crippen LogP contribution is 2.22. The maximum absolute atomic E-state index is 12.6. The predicted molar refractivity (Wildman–Crippen MR) is 138 cm³/mol. The van der Waals surface area contributed by atoms with Crippen LogP contribution in [0.5, 0.6) is 11.5 Å². The van der Waals surface area contributed by atoms with Gasteiger partial charge in [0.2, 0.25) is 16.0 Å².